The van der Waals surface area contributed by atoms with Crippen molar-refractivity contribution in [3.63, 3.8) is 0 Å². The highest BCUT2D eigenvalue weighted by Crippen LogP contribution is 2.47. The fourth-order valence-corrected chi connectivity index (χ4v) is 6.71. The molecule has 1 atom stereocenters. The van der Waals surface area contributed by atoms with E-state index in [9.17, 15) is 14.7 Å². The van der Waals surface area contributed by atoms with Crippen LogP contribution in [0.2, 0.25) is 5.02 Å². The van der Waals surface area contributed by atoms with Crippen LogP contribution < -0.4 is 4.90 Å². The third-order valence-corrected chi connectivity index (χ3v) is 8.26. The number of amides is 1. The van der Waals surface area contributed by atoms with Crippen molar-refractivity contribution in [1.29, 1.82) is 0 Å². The van der Waals surface area contributed by atoms with Crippen molar-refractivity contribution < 1.29 is 19.1 Å². The third kappa shape index (κ3) is 3.74. The number of ketones is 1. The Labute approximate surface area is 213 Å². The molecule has 0 bridgehead atoms. The normalized spacial score (nSPS) is 16.1. The summed E-state index contributed by atoms with van der Waals surface area (Å²) in [7, 11) is 0. The number of benzene rings is 2. The van der Waals surface area contributed by atoms with Crippen LogP contribution in [-0.2, 0) is 4.79 Å². The van der Waals surface area contributed by atoms with Crippen LogP contribution in [0.4, 0.5) is 9.52 Å². The minimum atomic E-state index is -1.30. The van der Waals surface area contributed by atoms with E-state index < -0.39 is 29.3 Å². The first-order valence-electron chi connectivity index (χ1n) is 10.7. The Hall–Kier alpha value is -3.14. The van der Waals surface area contributed by atoms with E-state index in [-0.39, 0.29) is 26.2 Å². The van der Waals surface area contributed by atoms with Gasteiger partial charge in [-0.05, 0) is 57.0 Å². The van der Waals surface area contributed by atoms with Gasteiger partial charge in [-0.2, -0.15) is 0 Å². The van der Waals surface area contributed by atoms with E-state index in [0.717, 1.165) is 32.1 Å². The van der Waals surface area contributed by atoms with Crippen molar-refractivity contribution in [1.82, 2.24) is 9.97 Å². The molecule has 2 aromatic heterocycles. The average molecular weight is 528 g/mol. The summed E-state index contributed by atoms with van der Waals surface area (Å²) in [6.07, 6.45) is 0. The molecular weight excluding hydrogens is 509 g/mol. The first-order chi connectivity index (χ1) is 16.6. The second-order valence-electron chi connectivity index (χ2n) is 8.38. The minimum absolute atomic E-state index is 0.0261. The van der Waals surface area contributed by atoms with Crippen LogP contribution in [0.3, 0.4) is 0 Å². The maximum atomic E-state index is 15.2. The lowest BCUT2D eigenvalue weighted by atomic mass is 9.94. The summed E-state index contributed by atoms with van der Waals surface area (Å²) in [6, 6.07) is 6.74. The highest BCUT2D eigenvalue weighted by Gasteiger charge is 2.48. The van der Waals surface area contributed by atoms with Gasteiger partial charge in [-0.15, -0.1) is 11.3 Å². The van der Waals surface area contributed by atoms with Gasteiger partial charge in [-0.1, -0.05) is 35.1 Å². The number of aromatic nitrogens is 2. The summed E-state index contributed by atoms with van der Waals surface area (Å²) in [5, 5.41) is 11.9. The predicted octanol–water partition coefficient (Wildman–Crippen LogP) is 6.56. The Balaban J connectivity index is 1.75. The van der Waals surface area contributed by atoms with E-state index in [1.54, 1.807) is 13.8 Å². The lowest BCUT2D eigenvalue weighted by Crippen LogP contribution is -2.31. The summed E-state index contributed by atoms with van der Waals surface area (Å²) < 4.78 is 16.1. The number of halogens is 2. The summed E-state index contributed by atoms with van der Waals surface area (Å²) in [4.78, 5) is 37.5. The molecule has 35 heavy (non-hydrogen) atoms. The van der Waals surface area contributed by atoms with Gasteiger partial charge >= 0.3 is 0 Å². The Bertz CT molecular complexity index is 1570. The largest absolute Gasteiger partial charge is 0.503 e. The number of carbonyl (C=O) groups is 2. The number of hydrogen-bond acceptors (Lipinski definition) is 7. The van der Waals surface area contributed by atoms with Crippen molar-refractivity contribution in [2.45, 2.75) is 33.7 Å². The number of aliphatic hydroxyl groups excluding tert-OH is 1. The number of fused-ring (bicyclic) bond motifs is 1. The number of aliphatic hydroxyl groups is 1. The molecule has 6 nitrogen and oxygen atoms in total. The molecule has 2 aromatic carbocycles. The van der Waals surface area contributed by atoms with Crippen LogP contribution in [0.15, 0.2) is 41.7 Å². The molecule has 0 aliphatic carbocycles. The smallest absolute Gasteiger partial charge is 0.296 e. The molecule has 0 fully saturated rings. The van der Waals surface area contributed by atoms with Crippen LogP contribution in [0.5, 0.6) is 0 Å². The third-order valence-electron chi connectivity index (χ3n) is 5.86. The van der Waals surface area contributed by atoms with Gasteiger partial charge in [0.05, 0.1) is 31.4 Å². The number of rotatable bonds is 4. The second kappa shape index (κ2) is 8.51. The van der Waals surface area contributed by atoms with Crippen LogP contribution >= 0.6 is 34.3 Å². The van der Waals surface area contributed by atoms with Crippen LogP contribution in [0, 0.1) is 33.5 Å². The monoisotopic (exact) mass is 527 g/mol. The van der Waals surface area contributed by atoms with Crippen molar-refractivity contribution in [3.05, 3.63) is 84.8 Å². The van der Waals surface area contributed by atoms with E-state index in [0.29, 0.717) is 16.2 Å². The predicted molar refractivity (Wildman–Crippen MR) is 136 cm³/mol. The van der Waals surface area contributed by atoms with E-state index >= 15 is 4.39 Å². The molecule has 5 rings (SSSR count). The minimum Gasteiger partial charge on any atom is -0.503 e. The van der Waals surface area contributed by atoms with E-state index in [2.05, 4.69) is 9.97 Å². The van der Waals surface area contributed by atoms with Gasteiger partial charge < -0.3 is 5.11 Å². The molecule has 0 saturated heterocycles. The molecule has 1 N–H and O–H groups in total. The molecule has 10 heteroatoms. The first-order valence-corrected chi connectivity index (χ1v) is 12.7. The highest BCUT2D eigenvalue weighted by molar-refractivity contribution is 7.22. The highest BCUT2D eigenvalue weighted by atomic mass is 35.5. The number of thiazole rings is 2. The van der Waals surface area contributed by atoms with E-state index in [4.69, 9.17) is 11.6 Å². The van der Waals surface area contributed by atoms with Gasteiger partial charge in [0.2, 0.25) is 5.78 Å². The van der Waals surface area contributed by atoms with Crippen LogP contribution in [-0.4, -0.2) is 26.8 Å². The fourth-order valence-electron chi connectivity index (χ4n) is 4.41. The van der Waals surface area contributed by atoms with Gasteiger partial charge in [0.1, 0.15) is 11.9 Å². The lowest BCUT2D eigenvalue weighted by Gasteiger charge is -2.25. The molecule has 1 aliphatic heterocycles. The summed E-state index contributed by atoms with van der Waals surface area (Å²) in [5.41, 5.74) is 2.77. The maximum Gasteiger partial charge on any atom is 0.296 e. The van der Waals surface area contributed by atoms with Crippen molar-refractivity contribution in [2.24, 2.45) is 0 Å². The van der Waals surface area contributed by atoms with Crippen LogP contribution in [0.1, 0.15) is 43.1 Å². The second-order valence-corrected chi connectivity index (χ2v) is 11.0. The Kier molecular flexibility index (Phi) is 5.74. The van der Waals surface area contributed by atoms with E-state index in [1.807, 2.05) is 26.0 Å². The summed E-state index contributed by atoms with van der Waals surface area (Å²) in [6.45, 7) is 7.30. The van der Waals surface area contributed by atoms with Crippen molar-refractivity contribution in [3.8, 4) is 0 Å². The molecule has 1 unspecified atom stereocenters. The van der Waals surface area contributed by atoms with Gasteiger partial charge in [-0.25, -0.2) is 14.4 Å². The molecule has 0 spiro atoms. The van der Waals surface area contributed by atoms with Crippen molar-refractivity contribution in [2.75, 3.05) is 4.90 Å². The zero-order chi connectivity index (χ0) is 25.2. The van der Waals surface area contributed by atoms with Gasteiger partial charge in [0, 0.05) is 10.6 Å². The van der Waals surface area contributed by atoms with Crippen molar-refractivity contribution >= 4 is 61.3 Å². The number of nitrogens with zero attached hydrogens (tertiary/aromatic N) is 3. The Morgan fingerprint density at radius 2 is 1.89 bits per heavy atom. The molecule has 0 radical (unpaired) electrons. The van der Waals surface area contributed by atoms with Gasteiger partial charge in [-0.3, -0.25) is 14.5 Å². The fraction of sp³-hybridized carbons (Fsp3) is 0.200. The molecule has 178 valence electrons. The molecule has 3 heterocycles. The molecule has 0 saturated carbocycles. The summed E-state index contributed by atoms with van der Waals surface area (Å²) >= 11 is 8.79. The number of carbonyl (C=O) groups excluding carboxylic acids is 2. The standard InChI is InChI=1S/C25H19ClFN3O3S2/c1-10-8-11(2)19-16(9-10)35-25(29-19)30-20(17-14(26)6-5-7-15(17)27)18(22(32)24(30)33)21(31)23-12(3)28-13(4)34-23/h5-9,20,32H,1-4H3. The Morgan fingerprint density at radius 3 is 2.54 bits per heavy atom. The number of Topliss-reactive ketones (excluding diaryl/α,β-unsaturated/α-hetero) is 1. The molecule has 1 aliphatic rings. The van der Waals surface area contributed by atoms with Gasteiger partial charge in [0.15, 0.2) is 10.9 Å². The Morgan fingerprint density at radius 1 is 1.14 bits per heavy atom. The topological polar surface area (TPSA) is 83.4 Å². The quantitative estimate of drug-likeness (QED) is 0.304. The van der Waals surface area contributed by atoms with Crippen LogP contribution in [0.25, 0.3) is 10.2 Å². The number of anilines is 1. The zero-order valence-electron chi connectivity index (χ0n) is 19.1. The molecular formula is C25H19ClFN3O3S2. The van der Waals surface area contributed by atoms with E-state index in [1.165, 1.54) is 29.5 Å². The average Bonchev–Trinajstić information content (AvgIpc) is 3.42. The van der Waals surface area contributed by atoms with Gasteiger partial charge in [0.25, 0.3) is 5.91 Å². The zero-order valence-corrected chi connectivity index (χ0v) is 21.5. The lowest BCUT2D eigenvalue weighted by molar-refractivity contribution is -0.117. The molecule has 1 amide bonds. The number of aryl methyl sites for hydroxylation is 4. The number of hydrogen-bond donors (Lipinski definition) is 1. The SMILES string of the molecule is Cc1cc(C)c2nc(N3C(=O)C(O)=C(C(=O)c4sc(C)nc4C)C3c3c(F)cccc3Cl)sc2c1. The first kappa shape index (κ1) is 23.6. The maximum absolute atomic E-state index is 15.2. The summed E-state index contributed by atoms with van der Waals surface area (Å²) in [5.74, 6) is -2.90. The molecule has 4 aromatic rings.